The number of aromatic nitrogens is 2. The fraction of sp³-hybridized carbons (Fsp3) is 0.130. The third kappa shape index (κ3) is 3.65. The number of fused-ring (bicyclic) bond motifs is 1. The number of benzene rings is 2. The van der Waals surface area contributed by atoms with E-state index >= 15 is 0 Å². The summed E-state index contributed by atoms with van der Waals surface area (Å²) < 4.78 is 7.00. The van der Waals surface area contributed by atoms with E-state index in [1.165, 1.54) is 11.8 Å². The maximum Gasteiger partial charge on any atom is 0.351 e. The van der Waals surface area contributed by atoms with Crippen molar-refractivity contribution in [2.75, 3.05) is 11.5 Å². The predicted octanol–water partition coefficient (Wildman–Crippen LogP) is 4.41. The van der Waals surface area contributed by atoms with Gasteiger partial charge in [0.05, 0.1) is 30.1 Å². The van der Waals surface area contributed by atoms with E-state index in [2.05, 4.69) is 11.1 Å². The minimum absolute atomic E-state index is 0.0757. The summed E-state index contributed by atoms with van der Waals surface area (Å²) in [5.41, 5.74) is 2.28. The summed E-state index contributed by atoms with van der Waals surface area (Å²) in [6.45, 7) is 1.87. The van der Waals surface area contributed by atoms with Crippen molar-refractivity contribution in [2.24, 2.45) is 0 Å². The first-order valence-electron chi connectivity index (χ1n) is 9.56. The van der Waals surface area contributed by atoms with Crippen LogP contribution in [0.1, 0.15) is 12.7 Å². The molecule has 1 aromatic heterocycles. The third-order valence-electron chi connectivity index (χ3n) is 4.62. The van der Waals surface area contributed by atoms with Crippen LogP contribution < -0.4 is 4.90 Å². The highest BCUT2D eigenvalue weighted by Crippen LogP contribution is 2.43. The monoisotopic (exact) mass is 427 g/mol. The number of anilines is 1. The lowest BCUT2D eigenvalue weighted by atomic mass is 10.2. The molecule has 0 atom stereocenters. The topological polar surface area (TPSA) is 94.9 Å². The lowest BCUT2D eigenvalue weighted by molar-refractivity contribution is -0.138. The number of hydrogen-bond donors (Lipinski definition) is 0. The lowest BCUT2D eigenvalue weighted by Gasteiger charge is -2.25. The van der Waals surface area contributed by atoms with Gasteiger partial charge in [-0.05, 0) is 31.2 Å². The van der Waals surface area contributed by atoms with Crippen molar-refractivity contribution in [1.82, 2.24) is 9.55 Å². The van der Waals surface area contributed by atoms with E-state index < -0.39 is 5.97 Å². The standard InChI is InChI=1S/C23H17N5O2S/c1-2-30-23(29)17(14-25)22-27(16-8-4-3-5-9-16)21(15-31-22)28-19-11-7-6-10-18(19)26-20(28)12-13-24/h3-11,15H,2,12H2,1H3/b22-17-. The van der Waals surface area contributed by atoms with Gasteiger partial charge in [0.15, 0.2) is 5.57 Å². The van der Waals surface area contributed by atoms with E-state index in [0.717, 1.165) is 16.7 Å². The molecule has 0 aliphatic carbocycles. The van der Waals surface area contributed by atoms with Crippen molar-refractivity contribution in [3.8, 4) is 12.1 Å². The van der Waals surface area contributed by atoms with Gasteiger partial charge in [-0.2, -0.15) is 10.5 Å². The number of carbonyl (C=O) groups is 1. The van der Waals surface area contributed by atoms with Crippen molar-refractivity contribution >= 4 is 40.3 Å². The molecule has 2 aromatic carbocycles. The number of imidazole rings is 1. The van der Waals surface area contributed by atoms with E-state index in [-0.39, 0.29) is 18.6 Å². The second-order valence-corrected chi connectivity index (χ2v) is 7.32. The van der Waals surface area contributed by atoms with E-state index in [9.17, 15) is 15.3 Å². The van der Waals surface area contributed by atoms with E-state index in [1.54, 1.807) is 6.92 Å². The Balaban J connectivity index is 1.95. The average Bonchev–Trinajstić information content (AvgIpc) is 3.36. The van der Waals surface area contributed by atoms with Gasteiger partial charge in [-0.15, -0.1) is 0 Å². The van der Waals surface area contributed by atoms with E-state index in [4.69, 9.17) is 4.74 Å². The molecule has 7 nitrogen and oxygen atoms in total. The van der Waals surface area contributed by atoms with Gasteiger partial charge >= 0.3 is 5.97 Å². The van der Waals surface area contributed by atoms with Crippen LogP contribution in [0, 0.1) is 22.7 Å². The van der Waals surface area contributed by atoms with Crippen molar-refractivity contribution < 1.29 is 9.53 Å². The van der Waals surface area contributed by atoms with Gasteiger partial charge < -0.3 is 4.74 Å². The highest BCUT2D eigenvalue weighted by molar-refractivity contribution is 8.06. The van der Waals surface area contributed by atoms with Crippen LogP contribution in [0.5, 0.6) is 0 Å². The van der Waals surface area contributed by atoms with Crippen LogP contribution in [0.3, 0.4) is 0 Å². The maximum absolute atomic E-state index is 12.5. The fourth-order valence-corrected chi connectivity index (χ4v) is 4.35. The molecule has 3 aromatic rings. The molecule has 0 fully saturated rings. The molecule has 4 rings (SSSR count). The van der Waals surface area contributed by atoms with Crippen LogP contribution in [-0.4, -0.2) is 22.1 Å². The van der Waals surface area contributed by atoms with Crippen molar-refractivity contribution in [1.29, 1.82) is 10.5 Å². The molecule has 0 N–H and O–H groups in total. The van der Waals surface area contributed by atoms with Gasteiger partial charge in [0, 0.05) is 11.1 Å². The van der Waals surface area contributed by atoms with Crippen molar-refractivity contribution in [3.63, 3.8) is 0 Å². The van der Waals surface area contributed by atoms with E-state index in [0.29, 0.717) is 16.7 Å². The number of thioether (sulfide) groups is 1. The number of para-hydroxylation sites is 3. The van der Waals surface area contributed by atoms with E-state index in [1.807, 2.05) is 75.5 Å². The summed E-state index contributed by atoms with van der Waals surface area (Å²) in [6, 6.07) is 21.2. The maximum atomic E-state index is 12.5. The summed E-state index contributed by atoms with van der Waals surface area (Å²) in [5.74, 6) is 0.588. The Kier molecular flexibility index (Phi) is 5.74. The predicted molar refractivity (Wildman–Crippen MR) is 119 cm³/mol. The van der Waals surface area contributed by atoms with Crippen LogP contribution in [0.2, 0.25) is 0 Å². The highest BCUT2D eigenvalue weighted by Gasteiger charge is 2.32. The molecule has 1 aliphatic rings. The number of esters is 1. The van der Waals surface area contributed by atoms with Crippen LogP contribution >= 0.6 is 11.8 Å². The molecule has 2 heterocycles. The SMILES string of the molecule is CCOC(=O)/C(C#N)=C1\SC=C(n2c(CC#N)nc3ccccc32)N1c1ccccc1. The van der Waals surface area contributed by atoms with Gasteiger partial charge in [-0.3, -0.25) is 9.47 Å². The van der Waals surface area contributed by atoms with Gasteiger partial charge in [0.25, 0.3) is 0 Å². The quantitative estimate of drug-likeness (QED) is 0.338. The molecule has 0 unspecified atom stereocenters. The van der Waals surface area contributed by atoms with Gasteiger partial charge in [-0.1, -0.05) is 42.1 Å². The van der Waals surface area contributed by atoms with Gasteiger partial charge in [0.2, 0.25) is 0 Å². The molecular weight excluding hydrogens is 410 g/mol. The molecule has 8 heteroatoms. The molecular formula is C23H17N5O2S. The Labute approximate surface area is 183 Å². The molecule has 0 spiro atoms. The van der Waals surface area contributed by atoms with Crippen LogP contribution in [-0.2, 0) is 16.0 Å². The molecule has 0 amide bonds. The first-order valence-corrected chi connectivity index (χ1v) is 10.4. The molecule has 0 saturated carbocycles. The zero-order valence-electron chi connectivity index (χ0n) is 16.6. The smallest absolute Gasteiger partial charge is 0.351 e. The van der Waals surface area contributed by atoms with Crippen LogP contribution in [0.15, 0.2) is 70.6 Å². The second kappa shape index (κ2) is 8.78. The Bertz CT molecular complexity index is 1290. The molecule has 0 saturated heterocycles. The first kappa shape index (κ1) is 20.3. The Hall–Kier alpha value is -4.01. The largest absolute Gasteiger partial charge is 0.462 e. The average molecular weight is 427 g/mol. The number of ether oxygens (including phenoxy) is 1. The van der Waals surface area contributed by atoms with Crippen LogP contribution in [0.4, 0.5) is 5.69 Å². The lowest BCUT2D eigenvalue weighted by Crippen LogP contribution is -2.23. The number of nitriles is 2. The molecule has 0 radical (unpaired) electrons. The Morgan fingerprint density at radius 2 is 1.87 bits per heavy atom. The van der Waals surface area contributed by atoms with Gasteiger partial charge in [-0.25, -0.2) is 9.78 Å². The number of hydrogen-bond acceptors (Lipinski definition) is 7. The summed E-state index contributed by atoms with van der Waals surface area (Å²) in [5, 5.41) is 21.4. The normalized spacial score (nSPS) is 14.7. The first-order chi connectivity index (χ1) is 15.2. The highest BCUT2D eigenvalue weighted by atomic mass is 32.2. The minimum Gasteiger partial charge on any atom is -0.462 e. The fourth-order valence-electron chi connectivity index (χ4n) is 3.37. The molecule has 1 aliphatic heterocycles. The number of nitrogens with zero attached hydrogens (tertiary/aromatic N) is 5. The summed E-state index contributed by atoms with van der Waals surface area (Å²) >= 11 is 1.26. The van der Waals surface area contributed by atoms with Gasteiger partial charge in [0.1, 0.15) is 22.7 Å². The summed E-state index contributed by atoms with van der Waals surface area (Å²) in [6.07, 6.45) is 0.112. The van der Waals surface area contributed by atoms with Crippen LogP contribution in [0.25, 0.3) is 16.9 Å². The molecule has 31 heavy (non-hydrogen) atoms. The van der Waals surface area contributed by atoms with Crippen molar-refractivity contribution in [2.45, 2.75) is 13.3 Å². The Morgan fingerprint density at radius 3 is 2.58 bits per heavy atom. The molecule has 152 valence electrons. The zero-order valence-corrected chi connectivity index (χ0v) is 17.5. The number of rotatable bonds is 5. The summed E-state index contributed by atoms with van der Waals surface area (Å²) in [7, 11) is 0. The minimum atomic E-state index is -0.671. The Morgan fingerprint density at radius 1 is 1.13 bits per heavy atom. The van der Waals surface area contributed by atoms with Crippen molar-refractivity contribution in [3.05, 3.63) is 76.4 Å². The second-order valence-electron chi connectivity index (χ2n) is 6.46. The summed E-state index contributed by atoms with van der Waals surface area (Å²) in [4.78, 5) is 18.9. The number of carbonyl (C=O) groups excluding carboxylic acids is 1. The molecule has 0 bridgehead atoms. The third-order valence-corrected chi connectivity index (χ3v) is 5.56. The zero-order chi connectivity index (χ0) is 21.8.